The SMILES string of the molecule is CONC(CC(=O)c1ccccc1)C(=O)c1cccc(C#N)c1. The number of nitrogens with zero attached hydrogens (tertiary/aromatic N) is 1. The summed E-state index contributed by atoms with van der Waals surface area (Å²) in [5.41, 5.74) is 3.85. The summed E-state index contributed by atoms with van der Waals surface area (Å²) < 4.78 is 0. The Hall–Kier alpha value is -2.81. The molecule has 5 heteroatoms. The molecule has 0 radical (unpaired) electrons. The molecular formula is C18H16N2O3. The molecule has 1 unspecified atom stereocenters. The molecule has 2 aromatic carbocycles. The highest BCUT2D eigenvalue weighted by Crippen LogP contribution is 2.12. The number of benzene rings is 2. The maximum absolute atomic E-state index is 12.6. The van der Waals surface area contributed by atoms with Gasteiger partial charge in [0.25, 0.3) is 0 Å². The third-order valence-electron chi connectivity index (χ3n) is 3.34. The second-order valence-electron chi connectivity index (χ2n) is 4.92. The molecule has 0 aromatic heterocycles. The van der Waals surface area contributed by atoms with E-state index >= 15 is 0 Å². The number of Topliss-reactive ketones (excluding diaryl/α,β-unsaturated/α-hetero) is 2. The first-order chi connectivity index (χ1) is 11.2. The number of ketones is 2. The van der Waals surface area contributed by atoms with Gasteiger partial charge < -0.3 is 4.84 Å². The van der Waals surface area contributed by atoms with E-state index in [2.05, 4.69) is 5.48 Å². The van der Waals surface area contributed by atoms with Gasteiger partial charge in [-0.15, -0.1) is 0 Å². The number of nitrogens with one attached hydrogen (secondary N) is 1. The summed E-state index contributed by atoms with van der Waals surface area (Å²) >= 11 is 0. The molecule has 1 atom stereocenters. The van der Waals surface area contributed by atoms with Gasteiger partial charge in [-0.05, 0) is 12.1 Å². The summed E-state index contributed by atoms with van der Waals surface area (Å²) in [7, 11) is 1.39. The van der Waals surface area contributed by atoms with Gasteiger partial charge in [0.05, 0.1) is 18.7 Å². The third kappa shape index (κ3) is 4.33. The highest BCUT2D eigenvalue weighted by Gasteiger charge is 2.24. The van der Waals surface area contributed by atoms with Crippen molar-refractivity contribution in [1.82, 2.24) is 5.48 Å². The summed E-state index contributed by atoms with van der Waals surface area (Å²) in [6, 6.07) is 16.3. The Kier molecular flexibility index (Phi) is 5.75. The van der Waals surface area contributed by atoms with Crippen molar-refractivity contribution in [3.8, 4) is 6.07 Å². The highest BCUT2D eigenvalue weighted by atomic mass is 16.6. The van der Waals surface area contributed by atoms with Crippen LogP contribution in [0.2, 0.25) is 0 Å². The van der Waals surface area contributed by atoms with Crippen molar-refractivity contribution in [2.45, 2.75) is 12.5 Å². The lowest BCUT2D eigenvalue weighted by atomic mass is 9.96. The van der Waals surface area contributed by atoms with Crippen molar-refractivity contribution < 1.29 is 14.4 Å². The van der Waals surface area contributed by atoms with Crippen LogP contribution in [-0.2, 0) is 4.84 Å². The standard InChI is InChI=1S/C18H16N2O3/c1-23-20-16(11-17(21)14-7-3-2-4-8-14)18(22)15-9-5-6-13(10-15)12-19/h2-10,16,20H,11H2,1H3. The molecule has 1 N–H and O–H groups in total. The number of carbonyl (C=O) groups excluding carboxylic acids is 2. The van der Waals surface area contributed by atoms with Crippen LogP contribution in [0.15, 0.2) is 54.6 Å². The molecule has 2 rings (SSSR count). The van der Waals surface area contributed by atoms with E-state index in [4.69, 9.17) is 10.1 Å². The van der Waals surface area contributed by atoms with Crippen LogP contribution in [0.5, 0.6) is 0 Å². The molecule has 2 aromatic rings. The van der Waals surface area contributed by atoms with Crippen LogP contribution in [0.4, 0.5) is 0 Å². The zero-order chi connectivity index (χ0) is 16.7. The summed E-state index contributed by atoms with van der Waals surface area (Å²) in [4.78, 5) is 29.7. The van der Waals surface area contributed by atoms with E-state index in [1.807, 2.05) is 12.1 Å². The number of hydrogen-bond acceptors (Lipinski definition) is 5. The first kappa shape index (κ1) is 16.6. The lowest BCUT2D eigenvalue weighted by Gasteiger charge is -2.15. The van der Waals surface area contributed by atoms with Gasteiger partial charge in [-0.3, -0.25) is 9.59 Å². The molecular weight excluding hydrogens is 292 g/mol. The molecule has 0 saturated carbocycles. The lowest BCUT2D eigenvalue weighted by molar-refractivity contribution is 0.0473. The smallest absolute Gasteiger partial charge is 0.182 e. The fourth-order valence-electron chi connectivity index (χ4n) is 2.20. The molecule has 0 bridgehead atoms. The average Bonchev–Trinajstić information content (AvgIpc) is 2.61. The minimum Gasteiger partial charge on any atom is -0.304 e. The number of carbonyl (C=O) groups is 2. The van der Waals surface area contributed by atoms with E-state index in [1.165, 1.54) is 13.2 Å². The zero-order valence-electron chi connectivity index (χ0n) is 12.7. The van der Waals surface area contributed by atoms with Crippen LogP contribution in [0, 0.1) is 11.3 Å². The van der Waals surface area contributed by atoms with Gasteiger partial charge >= 0.3 is 0 Å². The zero-order valence-corrected chi connectivity index (χ0v) is 12.7. The van der Waals surface area contributed by atoms with Crippen LogP contribution in [-0.4, -0.2) is 24.7 Å². The van der Waals surface area contributed by atoms with Crippen molar-refractivity contribution in [3.05, 3.63) is 71.3 Å². The van der Waals surface area contributed by atoms with Crippen molar-refractivity contribution in [1.29, 1.82) is 5.26 Å². The minimum atomic E-state index is -0.818. The molecule has 0 aliphatic carbocycles. The molecule has 0 saturated heterocycles. The lowest BCUT2D eigenvalue weighted by Crippen LogP contribution is -2.38. The van der Waals surface area contributed by atoms with Crippen LogP contribution in [0.1, 0.15) is 32.7 Å². The van der Waals surface area contributed by atoms with E-state index in [0.717, 1.165) is 0 Å². The minimum absolute atomic E-state index is 0.0343. The Labute approximate surface area is 134 Å². The predicted molar refractivity (Wildman–Crippen MR) is 84.8 cm³/mol. The summed E-state index contributed by atoms with van der Waals surface area (Å²) in [6.45, 7) is 0. The topological polar surface area (TPSA) is 79.2 Å². The molecule has 5 nitrogen and oxygen atoms in total. The van der Waals surface area contributed by atoms with Gasteiger partial charge in [-0.25, -0.2) is 0 Å². The van der Waals surface area contributed by atoms with Crippen LogP contribution < -0.4 is 5.48 Å². The fourth-order valence-corrected chi connectivity index (χ4v) is 2.20. The Morgan fingerprint density at radius 3 is 2.48 bits per heavy atom. The van der Waals surface area contributed by atoms with Gasteiger partial charge in [0.1, 0.15) is 6.04 Å². The molecule has 0 fully saturated rings. The average molecular weight is 308 g/mol. The molecule has 0 amide bonds. The first-order valence-electron chi connectivity index (χ1n) is 7.07. The van der Waals surface area contributed by atoms with Gasteiger partial charge in [-0.1, -0.05) is 42.5 Å². The summed E-state index contributed by atoms with van der Waals surface area (Å²) in [6.07, 6.45) is -0.0343. The monoisotopic (exact) mass is 308 g/mol. The molecule has 116 valence electrons. The summed E-state index contributed by atoms with van der Waals surface area (Å²) in [5, 5.41) is 8.92. The maximum atomic E-state index is 12.6. The van der Waals surface area contributed by atoms with E-state index < -0.39 is 6.04 Å². The molecule has 23 heavy (non-hydrogen) atoms. The van der Waals surface area contributed by atoms with E-state index in [9.17, 15) is 9.59 Å². The number of nitriles is 1. The van der Waals surface area contributed by atoms with E-state index in [-0.39, 0.29) is 18.0 Å². The Morgan fingerprint density at radius 2 is 1.83 bits per heavy atom. The number of rotatable bonds is 7. The molecule has 0 aliphatic heterocycles. The quantitative estimate of drug-likeness (QED) is 0.628. The van der Waals surface area contributed by atoms with Crippen LogP contribution in [0.25, 0.3) is 0 Å². The van der Waals surface area contributed by atoms with Crippen molar-refractivity contribution in [2.24, 2.45) is 0 Å². The largest absolute Gasteiger partial charge is 0.304 e. The summed E-state index contributed by atoms with van der Waals surface area (Å²) in [5.74, 6) is -0.460. The van der Waals surface area contributed by atoms with Crippen molar-refractivity contribution >= 4 is 11.6 Å². The molecule has 0 spiro atoms. The predicted octanol–water partition coefficient (Wildman–Crippen LogP) is 2.53. The van der Waals surface area contributed by atoms with E-state index in [0.29, 0.717) is 16.7 Å². The fraction of sp³-hybridized carbons (Fsp3) is 0.167. The number of hydrogen-bond donors (Lipinski definition) is 1. The van der Waals surface area contributed by atoms with Gasteiger partial charge in [0.15, 0.2) is 11.6 Å². The highest BCUT2D eigenvalue weighted by molar-refractivity contribution is 6.05. The molecule has 0 aliphatic rings. The van der Waals surface area contributed by atoms with Gasteiger partial charge in [0, 0.05) is 17.5 Å². The van der Waals surface area contributed by atoms with Crippen LogP contribution >= 0.6 is 0 Å². The van der Waals surface area contributed by atoms with Gasteiger partial charge in [-0.2, -0.15) is 10.7 Å². The second kappa shape index (κ2) is 7.99. The maximum Gasteiger partial charge on any atom is 0.182 e. The normalized spacial score (nSPS) is 11.5. The Bertz CT molecular complexity index is 735. The Morgan fingerprint density at radius 1 is 1.13 bits per heavy atom. The van der Waals surface area contributed by atoms with Crippen molar-refractivity contribution in [3.63, 3.8) is 0 Å². The van der Waals surface area contributed by atoms with Crippen LogP contribution in [0.3, 0.4) is 0 Å². The third-order valence-corrected chi connectivity index (χ3v) is 3.34. The van der Waals surface area contributed by atoms with E-state index in [1.54, 1.807) is 42.5 Å². The Balaban J connectivity index is 2.19. The van der Waals surface area contributed by atoms with Crippen molar-refractivity contribution in [2.75, 3.05) is 7.11 Å². The first-order valence-corrected chi connectivity index (χ1v) is 7.07. The van der Waals surface area contributed by atoms with Gasteiger partial charge in [0.2, 0.25) is 0 Å². The molecule has 0 heterocycles. The second-order valence-corrected chi connectivity index (χ2v) is 4.92. The number of hydroxylamine groups is 1.